The van der Waals surface area contributed by atoms with Gasteiger partial charge < -0.3 is 9.47 Å². The summed E-state index contributed by atoms with van der Waals surface area (Å²) in [5.74, 6) is 0.00319. The Kier molecular flexibility index (Phi) is 8.39. The standard InChI is InChI=1S/C31H28FN5O3S/c1-35(17-24-8-5-7-23-6-3-4-9-27(23)24)28(38)19-37-16-22(15-33-30(37)40)14-25-18-36(2)31(34-29(25)39)41-20-21-10-12-26(32)13-11-21/h3-13,15-16,18H,14,17,19-20H2,1-2H3. The Morgan fingerprint density at radius 3 is 2.51 bits per heavy atom. The number of benzene rings is 3. The van der Waals surface area contributed by atoms with Crippen LogP contribution in [-0.2, 0) is 37.1 Å². The molecule has 8 nitrogen and oxygen atoms in total. The minimum atomic E-state index is -0.542. The van der Waals surface area contributed by atoms with E-state index in [2.05, 4.69) is 9.97 Å². The van der Waals surface area contributed by atoms with Gasteiger partial charge in [-0.3, -0.25) is 14.2 Å². The maximum atomic E-state index is 13.2. The molecular formula is C31H28FN5O3S. The van der Waals surface area contributed by atoms with Gasteiger partial charge in [-0.15, -0.1) is 0 Å². The number of likely N-dealkylation sites (N-methyl/N-ethyl adjacent to an activating group) is 1. The highest BCUT2D eigenvalue weighted by atomic mass is 32.2. The van der Waals surface area contributed by atoms with Crippen molar-refractivity contribution in [2.24, 2.45) is 7.05 Å². The Bertz CT molecular complexity index is 1830. The molecule has 2 aromatic heterocycles. The number of fused-ring (bicyclic) bond motifs is 1. The van der Waals surface area contributed by atoms with Crippen LogP contribution in [0.3, 0.4) is 0 Å². The van der Waals surface area contributed by atoms with E-state index in [1.165, 1.54) is 34.7 Å². The molecule has 0 aliphatic heterocycles. The van der Waals surface area contributed by atoms with Gasteiger partial charge in [0.2, 0.25) is 5.91 Å². The number of halogens is 1. The first-order valence-electron chi connectivity index (χ1n) is 13.0. The molecule has 0 aliphatic rings. The van der Waals surface area contributed by atoms with Crippen LogP contribution < -0.4 is 11.2 Å². The fourth-order valence-electron chi connectivity index (χ4n) is 4.53. The molecule has 0 saturated carbocycles. The van der Waals surface area contributed by atoms with E-state index in [9.17, 15) is 18.8 Å². The van der Waals surface area contributed by atoms with Gasteiger partial charge in [0.05, 0.1) is 0 Å². The molecule has 1 amide bonds. The van der Waals surface area contributed by atoms with Crippen LogP contribution in [0.5, 0.6) is 0 Å². The van der Waals surface area contributed by atoms with Gasteiger partial charge in [0.1, 0.15) is 12.4 Å². The van der Waals surface area contributed by atoms with Crippen LogP contribution in [0, 0.1) is 5.82 Å². The van der Waals surface area contributed by atoms with Crippen LogP contribution >= 0.6 is 11.8 Å². The quantitative estimate of drug-likeness (QED) is 0.196. The molecule has 3 aromatic carbocycles. The molecule has 0 atom stereocenters. The zero-order valence-corrected chi connectivity index (χ0v) is 23.5. The lowest BCUT2D eigenvalue weighted by atomic mass is 10.0. The van der Waals surface area contributed by atoms with Crippen molar-refractivity contribution in [3.05, 3.63) is 134 Å². The average Bonchev–Trinajstić information content (AvgIpc) is 2.96. The fraction of sp³-hybridized carbons (Fsp3) is 0.194. The van der Waals surface area contributed by atoms with Gasteiger partial charge in [-0.2, -0.15) is 4.98 Å². The number of thioether (sulfide) groups is 1. The summed E-state index contributed by atoms with van der Waals surface area (Å²) in [7, 11) is 3.50. The topological polar surface area (TPSA) is 90.1 Å². The number of amides is 1. The molecule has 0 radical (unpaired) electrons. The zero-order chi connectivity index (χ0) is 28.9. The van der Waals surface area contributed by atoms with Crippen LogP contribution in [0.2, 0.25) is 0 Å². The van der Waals surface area contributed by atoms with E-state index < -0.39 is 5.69 Å². The average molecular weight is 570 g/mol. The smallest absolute Gasteiger partial charge is 0.340 e. The van der Waals surface area contributed by atoms with Crippen molar-refractivity contribution in [1.29, 1.82) is 0 Å². The molecule has 10 heteroatoms. The third kappa shape index (κ3) is 6.78. The van der Waals surface area contributed by atoms with Gasteiger partial charge in [0.15, 0.2) is 5.16 Å². The van der Waals surface area contributed by atoms with Crippen molar-refractivity contribution >= 4 is 28.4 Å². The molecule has 208 valence electrons. The van der Waals surface area contributed by atoms with Gasteiger partial charge in [-0.1, -0.05) is 66.4 Å². The molecule has 5 aromatic rings. The number of carbonyl (C=O) groups excluding carboxylic acids is 1. The summed E-state index contributed by atoms with van der Waals surface area (Å²) in [5, 5.41) is 2.70. The van der Waals surface area contributed by atoms with E-state index in [0.29, 0.717) is 28.6 Å². The molecule has 0 unspecified atom stereocenters. The normalized spacial score (nSPS) is 11.1. The second kappa shape index (κ2) is 12.3. The number of nitrogens with zero attached hydrogens (tertiary/aromatic N) is 5. The molecule has 41 heavy (non-hydrogen) atoms. The molecule has 2 heterocycles. The molecule has 0 aliphatic carbocycles. The number of rotatable bonds is 9. The summed E-state index contributed by atoms with van der Waals surface area (Å²) < 4.78 is 16.2. The maximum absolute atomic E-state index is 13.2. The SMILES string of the molecule is CN(Cc1cccc2ccccc12)C(=O)Cn1cc(Cc2cn(C)c(SCc3ccc(F)cc3)nc2=O)cnc1=O. The molecule has 0 fully saturated rings. The van der Waals surface area contributed by atoms with Crippen LogP contribution in [0.25, 0.3) is 10.8 Å². The first-order chi connectivity index (χ1) is 19.8. The predicted molar refractivity (Wildman–Crippen MR) is 157 cm³/mol. The van der Waals surface area contributed by atoms with Gasteiger partial charge in [-0.25, -0.2) is 14.2 Å². The number of aromatic nitrogens is 4. The van der Waals surface area contributed by atoms with Crippen molar-refractivity contribution in [2.45, 2.75) is 30.4 Å². The highest BCUT2D eigenvalue weighted by Crippen LogP contribution is 2.21. The zero-order valence-electron chi connectivity index (χ0n) is 22.7. The first kappa shape index (κ1) is 28.0. The summed E-state index contributed by atoms with van der Waals surface area (Å²) in [6, 6.07) is 20.2. The van der Waals surface area contributed by atoms with E-state index >= 15 is 0 Å². The van der Waals surface area contributed by atoms with Crippen molar-refractivity contribution < 1.29 is 9.18 Å². The second-order valence-electron chi connectivity index (χ2n) is 9.82. The number of hydrogen-bond acceptors (Lipinski definition) is 6. The Morgan fingerprint density at radius 2 is 1.71 bits per heavy atom. The van der Waals surface area contributed by atoms with Crippen molar-refractivity contribution in [1.82, 2.24) is 24.0 Å². The third-order valence-corrected chi connectivity index (χ3v) is 7.84. The molecule has 0 saturated heterocycles. The summed E-state index contributed by atoms with van der Waals surface area (Å²) in [5.41, 5.74) is 2.05. The molecule has 0 N–H and O–H groups in total. The van der Waals surface area contributed by atoms with Crippen LogP contribution in [0.15, 0.2) is 100 Å². The molecule has 5 rings (SSSR count). The van der Waals surface area contributed by atoms with E-state index in [1.54, 1.807) is 48.1 Å². The van der Waals surface area contributed by atoms with E-state index in [0.717, 1.165) is 21.9 Å². The molecular weight excluding hydrogens is 541 g/mol. The fourth-order valence-corrected chi connectivity index (χ4v) is 5.42. The molecule has 0 spiro atoms. The van der Waals surface area contributed by atoms with E-state index in [-0.39, 0.29) is 30.2 Å². The lowest BCUT2D eigenvalue weighted by Crippen LogP contribution is -2.34. The second-order valence-corrected chi connectivity index (χ2v) is 10.8. The largest absolute Gasteiger partial charge is 0.347 e. The Labute approximate surface area is 240 Å². The summed E-state index contributed by atoms with van der Waals surface area (Å²) in [4.78, 5) is 48.0. The third-order valence-electron chi connectivity index (χ3n) is 6.73. The molecule has 0 bridgehead atoms. The van der Waals surface area contributed by atoms with Gasteiger partial charge in [-0.05, 0) is 39.6 Å². The first-order valence-corrected chi connectivity index (χ1v) is 13.9. The Morgan fingerprint density at radius 1 is 0.951 bits per heavy atom. The maximum Gasteiger partial charge on any atom is 0.347 e. The van der Waals surface area contributed by atoms with Gasteiger partial charge in [0.25, 0.3) is 5.56 Å². The monoisotopic (exact) mass is 569 g/mol. The highest BCUT2D eigenvalue weighted by Gasteiger charge is 2.15. The Balaban J connectivity index is 1.26. The van der Waals surface area contributed by atoms with Gasteiger partial charge >= 0.3 is 5.69 Å². The summed E-state index contributed by atoms with van der Waals surface area (Å²) >= 11 is 1.38. The minimum absolute atomic E-state index is 0.170. The number of carbonyl (C=O) groups is 1. The van der Waals surface area contributed by atoms with E-state index in [1.807, 2.05) is 42.5 Å². The highest BCUT2D eigenvalue weighted by molar-refractivity contribution is 7.98. The summed E-state index contributed by atoms with van der Waals surface area (Å²) in [6.45, 7) is 0.228. The predicted octanol–water partition coefficient (Wildman–Crippen LogP) is 4.17. The van der Waals surface area contributed by atoms with Crippen LogP contribution in [0.4, 0.5) is 4.39 Å². The van der Waals surface area contributed by atoms with E-state index in [4.69, 9.17) is 0 Å². The lowest BCUT2D eigenvalue weighted by molar-refractivity contribution is -0.131. The number of hydrogen-bond donors (Lipinski definition) is 0. The van der Waals surface area contributed by atoms with Crippen LogP contribution in [-0.4, -0.2) is 37.0 Å². The van der Waals surface area contributed by atoms with Gasteiger partial charge in [0, 0.05) is 57.0 Å². The Hall–Kier alpha value is -4.57. The van der Waals surface area contributed by atoms with Crippen molar-refractivity contribution in [3.8, 4) is 0 Å². The number of aryl methyl sites for hydroxylation is 1. The minimum Gasteiger partial charge on any atom is -0.340 e. The van der Waals surface area contributed by atoms with Crippen molar-refractivity contribution in [3.63, 3.8) is 0 Å². The summed E-state index contributed by atoms with van der Waals surface area (Å²) in [6.07, 6.45) is 4.90. The van der Waals surface area contributed by atoms with Crippen molar-refractivity contribution in [2.75, 3.05) is 7.05 Å². The van der Waals surface area contributed by atoms with Crippen LogP contribution in [0.1, 0.15) is 22.3 Å². The lowest BCUT2D eigenvalue weighted by Gasteiger charge is -2.19.